The number of hydrogen-bond acceptors (Lipinski definition) is 2. The molecule has 82 valence electrons. The van der Waals surface area contributed by atoms with Gasteiger partial charge in [0.2, 0.25) is 0 Å². The van der Waals surface area contributed by atoms with Gasteiger partial charge in [0.25, 0.3) is 0 Å². The van der Waals surface area contributed by atoms with Crippen LogP contribution in [0.1, 0.15) is 52.4 Å². The number of hydrogen-bond donors (Lipinski definition) is 0. The summed E-state index contributed by atoms with van der Waals surface area (Å²) in [4.78, 5) is 11.0. The van der Waals surface area contributed by atoms with Crippen molar-refractivity contribution in [2.24, 2.45) is 0 Å². The standard InChI is InChI=1S/C12H22O2/c1-3-5-7-8-9-10-12(13)14-11-6-4-2/h9-10H,3-8,11H2,1-2H3. The highest BCUT2D eigenvalue weighted by atomic mass is 16.5. The van der Waals surface area contributed by atoms with E-state index in [1.165, 1.54) is 12.8 Å². The Morgan fingerprint density at radius 3 is 2.50 bits per heavy atom. The van der Waals surface area contributed by atoms with Gasteiger partial charge in [-0.05, 0) is 19.3 Å². The molecule has 0 unspecified atom stereocenters. The molecule has 0 saturated heterocycles. The highest BCUT2D eigenvalue weighted by Crippen LogP contribution is 1.99. The average molecular weight is 198 g/mol. The minimum Gasteiger partial charge on any atom is -0.463 e. The third kappa shape index (κ3) is 9.30. The largest absolute Gasteiger partial charge is 0.463 e. The van der Waals surface area contributed by atoms with E-state index in [1.54, 1.807) is 6.08 Å². The van der Waals surface area contributed by atoms with Crippen LogP contribution in [0, 0.1) is 0 Å². The summed E-state index contributed by atoms with van der Waals surface area (Å²) in [6.45, 7) is 4.80. The first-order valence-corrected chi connectivity index (χ1v) is 5.64. The molecule has 0 fully saturated rings. The zero-order chi connectivity index (χ0) is 10.6. The van der Waals surface area contributed by atoms with Crippen molar-refractivity contribution in [3.8, 4) is 0 Å². The summed E-state index contributed by atoms with van der Waals surface area (Å²) in [5, 5.41) is 0. The third-order valence-electron chi connectivity index (χ3n) is 1.97. The normalized spacial score (nSPS) is 10.7. The molecule has 0 radical (unpaired) electrons. The molecule has 0 aliphatic heterocycles. The van der Waals surface area contributed by atoms with Crippen LogP contribution in [0.4, 0.5) is 0 Å². The van der Waals surface area contributed by atoms with Crippen molar-refractivity contribution in [2.45, 2.75) is 52.4 Å². The molecule has 0 aromatic rings. The van der Waals surface area contributed by atoms with Gasteiger partial charge in [-0.15, -0.1) is 0 Å². The lowest BCUT2D eigenvalue weighted by atomic mass is 10.2. The van der Waals surface area contributed by atoms with Gasteiger partial charge in [0.05, 0.1) is 6.61 Å². The van der Waals surface area contributed by atoms with Gasteiger partial charge in [0.15, 0.2) is 0 Å². The smallest absolute Gasteiger partial charge is 0.330 e. The second kappa shape index (κ2) is 10.3. The Labute approximate surface area is 87.3 Å². The van der Waals surface area contributed by atoms with E-state index in [0.717, 1.165) is 25.7 Å². The van der Waals surface area contributed by atoms with E-state index in [0.29, 0.717) is 6.61 Å². The summed E-state index contributed by atoms with van der Waals surface area (Å²) >= 11 is 0. The van der Waals surface area contributed by atoms with Gasteiger partial charge in [0.1, 0.15) is 0 Å². The van der Waals surface area contributed by atoms with Gasteiger partial charge in [-0.1, -0.05) is 39.2 Å². The maximum atomic E-state index is 11.0. The first kappa shape index (κ1) is 13.2. The molecule has 0 bridgehead atoms. The molecular weight excluding hydrogens is 176 g/mol. The van der Waals surface area contributed by atoms with Crippen molar-refractivity contribution in [1.82, 2.24) is 0 Å². The Morgan fingerprint density at radius 2 is 1.86 bits per heavy atom. The van der Waals surface area contributed by atoms with Crippen molar-refractivity contribution in [3.63, 3.8) is 0 Å². The average Bonchev–Trinajstić information content (AvgIpc) is 2.18. The molecule has 0 saturated carbocycles. The summed E-state index contributed by atoms with van der Waals surface area (Å²) < 4.78 is 4.96. The highest BCUT2D eigenvalue weighted by Gasteiger charge is 1.94. The van der Waals surface area contributed by atoms with Crippen LogP contribution < -0.4 is 0 Å². The predicted octanol–water partition coefficient (Wildman–Crippen LogP) is 3.47. The third-order valence-corrected chi connectivity index (χ3v) is 1.97. The quantitative estimate of drug-likeness (QED) is 0.339. The summed E-state index contributed by atoms with van der Waals surface area (Å²) in [6, 6.07) is 0. The monoisotopic (exact) mass is 198 g/mol. The minimum atomic E-state index is -0.199. The van der Waals surface area contributed by atoms with E-state index in [2.05, 4.69) is 13.8 Å². The van der Waals surface area contributed by atoms with E-state index in [-0.39, 0.29) is 5.97 Å². The number of carbonyl (C=O) groups excluding carboxylic acids is 1. The number of carbonyl (C=O) groups is 1. The second-order valence-corrected chi connectivity index (χ2v) is 3.42. The minimum absolute atomic E-state index is 0.199. The molecule has 14 heavy (non-hydrogen) atoms. The van der Waals surface area contributed by atoms with E-state index >= 15 is 0 Å². The Morgan fingerprint density at radius 1 is 1.14 bits per heavy atom. The van der Waals surface area contributed by atoms with E-state index in [4.69, 9.17) is 4.74 Å². The molecule has 0 atom stereocenters. The first-order valence-electron chi connectivity index (χ1n) is 5.64. The fourth-order valence-electron chi connectivity index (χ4n) is 1.06. The highest BCUT2D eigenvalue weighted by molar-refractivity contribution is 5.81. The van der Waals surface area contributed by atoms with Crippen molar-refractivity contribution in [3.05, 3.63) is 12.2 Å². The van der Waals surface area contributed by atoms with Crippen LogP contribution in [0.15, 0.2) is 12.2 Å². The molecule has 0 heterocycles. The lowest BCUT2D eigenvalue weighted by Crippen LogP contribution is -2.01. The molecule has 2 heteroatoms. The van der Waals surface area contributed by atoms with Gasteiger partial charge >= 0.3 is 5.97 Å². The summed E-state index contributed by atoms with van der Waals surface area (Å²) in [5.74, 6) is -0.199. The molecule has 0 aliphatic rings. The lowest BCUT2D eigenvalue weighted by Gasteiger charge is -1.98. The molecule has 0 aromatic heterocycles. The van der Waals surface area contributed by atoms with Gasteiger partial charge in [-0.25, -0.2) is 4.79 Å². The van der Waals surface area contributed by atoms with Crippen LogP contribution in [0.5, 0.6) is 0 Å². The van der Waals surface area contributed by atoms with Crippen LogP contribution >= 0.6 is 0 Å². The van der Waals surface area contributed by atoms with Crippen LogP contribution in [0.25, 0.3) is 0 Å². The fourth-order valence-corrected chi connectivity index (χ4v) is 1.06. The van der Waals surface area contributed by atoms with Gasteiger partial charge in [0, 0.05) is 6.08 Å². The molecule has 2 nitrogen and oxygen atoms in total. The van der Waals surface area contributed by atoms with E-state index in [1.807, 2.05) is 6.08 Å². The molecular formula is C12H22O2. The van der Waals surface area contributed by atoms with Gasteiger partial charge in [-0.2, -0.15) is 0 Å². The van der Waals surface area contributed by atoms with Crippen LogP contribution in [-0.4, -0.2) is 12.6 Å². The number of unbranched alkanes of at least 4 members (excludes halogenated alkanes) is 4. The summed E-state index contributed by atoms with van der Waals surface area (Å²) in [6.07, 6.45) is 10.1. The van der Waals surface area contributed by atoms with Crippen molar-refractivity contribution < 1.29 is 9.53 Å². The second-order valence-electron chi connectivity index (χ2n) is 3.42. The Kier molecular flexibility index (Phi) is 9.71. The fraction of sp³-hybridized carbons (Fsp3) is 0.750. The van der Waals surface area contributed by atoms with Crippen LogP contribution in [0.3, 0.4) is 0 Å². The molecule has 0 N–H and O–H groups in total. The van der Waals surface area contributed by atoms with Crippen LogP contribution in [-0.2, 0) is 9.53 Å². The Balaban J connectivity index is 3.32. The zero-order valence-corrected chi connectivity index (χ0v) is 9.42. The summed E-state index contributed by atoms with van der Waals surface area (Å²) in [7, 11) is 0. The lowest BCUT2D eigenvalue weighted by molar-refractivity contribution is -0.137. The SMILES string of the molecule is CCCCCC=CC(=O)OCCCC. The molecule has 0 spiro atoms. The van der Waals surface area contributed by atoms with Gasteiger partial charge < -0.3 is 4.74 Å². The van der Waals surface area contributed by atoms with Crippen molar-refractivity contribution in [1.29, 1.82) is 0 Å². The van der Waals surface area contributed by atoms with Crippen molar-refractivity contribution >= 4 is 5.97 Å². The maximum Gasteiger partial charge on any atom is 0.330 e. The zero-order valence-electron chi connectivity index (χ0n) is 9.42. The molecule has 0 aromatic carbocycles. The topological polar surface area (TPSA) is 26.3 Å². The summed E-state index contributed by atoms with van der Waals surface area (Å²) in [5.41, 5.74) is 0. The molecule has 0 rings (SSSR count). The van der Waals surface area contributed by atoms with Crippen molar-refractivity contribution in [2.75, 3.05) is 6.61 Å². The van der Waals surface area contributed by atoms with Gasteiger partial charge in [-0.3, -0.25) is 0 Å². The number of allylic oxidation sites excluding steroid dienone is 1. The predicted molar refractivity (Wildman–Crippen MR) is 59.1 cm³/mol. The Bertz CT molecular complexity index is 162. The number of ether oxygens (including phenoxy) is 1. The Hall–Kier alpha value is -0.790. The number of esters is 1. The number of rotatable bonds is 8. The molecule has 0 aliphatic carbocycles. The maximum absolute atomic E-state index is 11.0. The van der Waals surface area contributed by atoms with E-state index < -0.39 is 0 Å². The molecule has 0 amide bonds. The van der Waals surface area contributed by atoms with Crippen LogP contribution in [0.2, 0.25) is 0 Å². The van der Waals surface area contributed by atoms with E-state index in [9.17, 15) is 4.79 Å². The first-order chi connectivity index (χ1) is 6.81.